The van der Waals surface area contributed by atoms with E-state index < -0.39 is 0 Å². The van der Waals surface area contributed by atoms with Crippen LogP contribution < -0.4 is 0 Å². The van der Waals surface area contributed by atoms with Gasteiger partial charge in [-0.3, -0.25) is 9.59 Å². The molecule has 0 bridgehead atoms. The lowest BCUT2D eigenvalue weighted by atomic mass is 9.73. The molecule has 0 radical (unpaired) electrons. The van der Waals surface area contributed by atoms with Gasteiger partial charge in [-0.2, -0.15) is 0 Å². The molecule has 2 aliphatic rings. The van der Waals surface area contributed by atoms with Gasteiger partial charge in [-0.05, 0) is 31.4 Å². The number of amides is 1. The van der Waals surface area contributed by atoms with Crippen molar-refractivity contribution in [1.82, 2.24) is 9.80 Å². The van der Waals surface area contributed by atoms with Gasteiger partial charge in [0.2, 0.25) is 5.91 Å². The second-order valence-electron chi connectivity index (χ2n) is 7.44. The fourth-order valence-electron chi connectivity index (χ4n) is 4.24. The first-order valence-electron chi connectivity index (χ1n) is 9.21. The molecule has 136 valence electrons. The van der Waals surface area contributed by atoms with Gasteiger partial charge in [0.1, 0.15) is 0 Å². The van der Waals surface area contributed by atoms with Crippen molar-refractivity contribution in [2.24, 2.45) is 5.41 Å². The van der Waals surface area contributed by atoms with Crippen LogP contribution in [0.15, 0.2) is 30.3 Å². The highest BCUT2D eigenvalue weighted by Crippen LogP contribution is 2.39. The molecule has 2 fully saturated rings. The van der Waals surface area contributed by atoms with Gasteiger partial charge in [0, 0.05) is 38.0 Å². The van der Waals surface area contributed by atoms with Crippen LogP contribution in [-0.2, 0) is 20.9 Å². The van der Waals surface area contributed by atoms with E-state index in [1.165, 1.54) is 19.1 Å². The van der Waals surface area contributed by atoms with E-state index in [-0.39, 0.29) is 17.3 Å². The number of nitrogens with zero attached hydrogens (tertiary/aromatic N) is 2. The number of rotatable bonds is 5. The van der Waals surface area contributed by atoms with Gasteiger partial charge in [0.15, 0.2) is 0 Å². The van der Waals surface area contributed by atoms with Gasteiger partial charge in [-0.1, -0.05) is 30.3 Å². The minimum Gasteiger partial charge on any atom is -0.469 e. The quantitative estimate of drug-likeness (QED) is 0.770. The van der Waals surface area contributed by atoms with Crippen molar-refractivity contribution in [1.29, 1.82) is 0 Å². The number of carbonyl (C=O) groups excluding carboxylic acids is 2. The van der Waals surface area contributed by atoms with E-state index in [4.69, 9.17) is 4.74 Å². The molecule has 5 heteroatoms. The Morgan fingerprint density at radius 1 is 1.20 bits per heavy atom. The Bertz CT molecular complexity index is 604. The highest BCUT2D eigenvalue weighted by molar-refractivity contribution is 5.77. The molecule has 2 aliphatic heterocycles. The largest absolute Gasteiger partial charge is 0.469 e. The first-order valence-corrected chi connectivity index (χ1v) is 9.21. The zero-order valence-corrected chi connectivity index (χ0v) is 15.1. The third-order valence-electron chi connectivity index (χ3n) is 5.56. The third-order valence-corrected chi connectivity index (χ3v) is 5.56. The molecule has 0 saturated carbocycles. The van der Waals surface area contributed by atoms with Gasteiger partial charge < -0.3 is 14.5 Å². The molecule has 0 unspecified atom stereocenters. The summed E-state index contributed by atoms with van der Waals surface area (Å²) in [7, 11) is 1.44. The number of hydrogen-bond acceptors (Lipinski definition) is 4. The zero-order chi connectivity index (χ0) is 17.7. The fourth-order valence-corrected chi connectivity index (χ4v) is 4.24. The maximum Gasteiger partial charge on any atom is 0.306 e. The maximum absolute atomic E-state index is 12.4. The molecule has 1 aromatic carbocycles. The molecule has 0 aromatic heterocycles. The number of benzene rings is 1. The van der Waals surface area contributed by atoms with Crippen LogP contribution in [0, 0.1) is 5.41 Å². The van der Waals surface area contributed by atoms with Gasteiger partial charge >= 0.3 is 5.97 Å². The molecule has 0 aliphatic carbocycles. The minimum atomic E-state index is -0.149. The molecule has 2 heterocycles. The summed E-state index contributed by atoms with van der Waals surface area (Å²) in [4.78, 5) is 28.2. The highest BCUT2D eigenvalue weighted by Gasteiger charge is 2.41. The Labute approximate surface area is 149 Å². The number of carbonyl (C=O) groups is 2. The normalized spacial score (nSPS) is 24.5. The van der Waals surface area contributed by atoms with Crippen molar-refractivity contribution < 1.29 is 14.3 Å². The summed E-state index contributed by atoms with van der Waals surface area (Å²) in [5.74, 6) is 0.116. The van der Waals surface area contributed by atoms with Crippen LogP contribution in [0.3, 0.4) is 0 Å². The average molecular weight is 344 g/mol. The molecular formula is C20H28N2O3. The Balaban J connectivity index is 1.62. The van der Waals surface area contributed by atoms with Gasteiger partial charge in [-0.15, -0.1) is 0 Å². The summed E-state index contributed by atoms with van der Waals surface area (Å²) in [5.41, 5.74) is 1.36. The average Bonchev–Trinajstić information content (AvgIpc) is 2.64. The number of methoxy groups -OCH3 is 1. The molecule has 1 atom stereocenters. The predicted octanol–water partition coefficient (Wildman–Crippen LogP) is 2.45. The van der Waals surface area contributed by atoms with Crippen LogP contribution >= 0.6 is 0 Å². The molecule has 2 saturated heterocycles. The van der Waals surface area contributed by atoms with Crippen LogP contribution in [0.25, 0.3) is 0 Å². The highest BCUT2D eigenvalue weighted by atomic mass is 16.5. The van der Waals surface area contributed by atoms with Gasteiger partial charge in [-0.25, -0.2) is 0 Å². The second kappa shape index (κ2) is 8.00. The van der Waals surface area contributed by atoms with Crippen molar-refractivity contribution in [3.05, 3.63) is 35.9 Å². The van der Waals surface area contributed by atoms with Crippen molar-refractivity contribution in [3.63, 3.8) is 0 Å². The fraction of sp³-hybridized carbons (Fsp3) is 0.600. The maximum atomic E-state index is 12.4. The van der Waals surface area contributed by atoms with Gasteiger partial charge in [0.25, 0.3) is 0 Å². The van der Waals surface area contributed by atoms with Gasteiger partial charge in [0.05, 0.1) is 13.5 Å². The smallest absolute Gasteiger partial charge is 0.306 e. The molecule has 3 rings (SSSR count). The van der Waals surface area contributed by atoms with Crippen molar-refractivity contribution in [3.8, 4) is 0 Å². The lowest BCUT2D eigenvalue weighted by Gasteiger charge is -2.48. The van der Waals surface area contributed by atoms with E-state index in [1.807, 2.05) is 23.1 Å². The van der Waals surface area contributed by atoms with E-state index in [0.29, 0.717) is 19.4 Å². The summed E-state index contributed by atoms with van der Waals surface area (Å²) < 4.78 is 4.76. The van der Waals surface area contributed by atoms with E-state index in [1.54, 1.807) is 0 Å². The topological polar surface area (TPSA) is 49.9 Å². The van der Waals surface area contributed by atoms with Crippen molar-refractivity contribution in [2.75, 3.05) is 33.3 Å². The standard InChI is InChI=1S/C20H28N2O3/c1-25-19(24)9-13-21-12-5-10-20(15-21)11-8-18(23)22(16-20)14-17-6-3-2-4-7-17/h2-4,6-7H,5,8-16H2,1H3/t20-/m1/s1. The molecule has 5 nitrogen and oxygen atoms in total. The molecular weight excluding hydrogens is 316 g/mol. The van der Waals surface area contributed by atoms with Crippen LogP contribution in [0.4, 0.5) is 0 Å². The van der Waals surface area contributed by atoms with Crippen molar-refractivity contribution in [2.45, 2.75) is 38.6 Å². The zero-order valence-electron chi connectivity index (χ0n) is 15.1. The Kier molecular flexibility index (Phi) is 5.74. The number of ether oxygens (including phenoxy) is 1. The lowest BCUT2D eigenvalue weighted by molar-refractivity contribution is -0.141. The number of piperidine rings is 2. The lowest BCUT2D eigenvalue weighted by Crippen LogP contribution is -2.53. The second-order valence-corrected chi connectivity index (χ2v) is 7.44. The number of likely N-dealkylation sites (tertiary alicyclic amines) is 2. The Morgan fingerprint density at radius 3 is 2.76 bits per heavy atom. The first-order chi connectivity index (χ1) is 12.1. The molecule has 0 N–H and O–H groups in total. The summed E-state index contributed by atoms with van der Waals surface area (Å²) in [5, 5.41) is 0. The summed E-state index contributed by atoms with van der Waals surface area (Å²) in [6.45, 7) is 4.29. The number of hydrogen-bond donors (Lipinski definition) is 0. The Morgan fingerprint density at radius 2 is 2.00 bits per heavy atom. The van der Waals surface area contributed by atoms with Crippen LogP contribution in [0.1, 0.15) is 37.7 Å². The number of esters is 1. The van der Waals surface area contributed by atoms with E-state index in [0.717, 1.165) is 39.0 Å². The first kappa shape index (κ1) is 17.9. The molecule has 1 aromatic rings. The molecule has 1 spiro atoms. The van der Waals surface area contributed by atoms with Crippen molar-refractivity contribution >= 4 is 11.9 Å². The van der Waals surface area contributed by atoms with E-state index in [9.17, 15) is 9.59 Å². The monoisotopic (exact) mass is 344 g/mol. The predicted molar refractivity (Wildman–Crippen MR) is 95.8 cm³/mol. The minimum absolute atomic E-state index is 0.149. The van der Waals surface area contributed by atoms with E-state index >= 15 is 0 Å². The third kappa shape index (κ3) is 4.60. The van der Waals surface area contributed by atoms with Crippen LogP contribution in [0.5, 0.6) is 0 Å². The Hall–Kier alpha value is -1.88. The van der Waals surface area contributed by atoms with Crippen LogP contribution in [-0.4, -0.2) is 55.0 Å². The van der Waals surface area contributed by atoms with E-state index in [2.05, 4.69) is 17.0 Å². The SMILES string of the molecule is COC(=O)CCN1CCC[C@@]2(CCC(=O)N(Cc3ccccc3)C2)C1. The molecule has 1 amide bonds. The summed E-state index contributed by atoms with van der Waals surface area (Å²) in [6.07, 6.45) is 4.34. The molecule has 25 heavy (non-hydrogen) atoms. The summed E-state index contributed by atoms with van der Waals surface area (Å²) in [6, 6.07) is 10.2. The van der Waals surface area contributed by atoms with Crippen LogP contribution in [0.2, 0.25) is 0 Å². The summed E-state index contributed by atoms with van der Waals surface area (Å²) >= 11 is 0.